The maximum absolute atomic E-state index is 13.8. The van der Waals surface area contributed by atoms with Crippen LogP contribution in [0.4, 0.5) is 4.39 Å². The van der Waals surface area contributed by atoms with E-state index in [0.29, 0.717) is 17.4 Å². The number of hydrogen-bond acceptors (Lipinski definition) is 2. The zero-order valence-electron chi connectivity index (χ0n) is 12.2. The molecule has 3 unspecified atom stereocenters. The van der Waals surface area contributed by atoms with E-state index in [1.807, 2.05) is 12.1 Å². The van der Waals surface area contributed by atoms with Crippen molar-refractivity contribution in [2.24, 2.45) is 11.8 Å². The van der Waals surface area contributed by atoms with E-state index in [2.05, 4.69) is 19.2 Å². The number of benzene rings is 1. The first-order chi connectivity index (χ1) is 9.70. The molecule has 2 aromatic rings. The summed E-state index contributed by atoms with van der Waals surface area (Å²) in [5, 5.41) is 4.39. The molecule has 0 spiro atoms. The molecule has 1 aliphatic carbocycles. The van der Waals surface area contributed by atoms with Crippen LogP contribution in [0.3, 0.4) is 0 Å². The van der Waals surface area contributed by atoms with Crippen molar-refractivity contribution in [1.29, 1.82) is 0 Å². The van der Waals surface area contributed by atoms with Crippen molar-refractivity contribution in [1.82, 2.24) is 5.32 Å². The monoisotopic (exact) mass is 275 g/mol. The van der Waals surface area contributed by atoms with Gasteiger partial charge in [-0.15, -0.1) is 0 Å². The topological polar surface area (TPSA) is 25.2 Å². The molecule has 3 heteroatoms. The molecule has 108 valence electrons. The van der Waals surface area contributed by atoms with Crippen LogP contribution in [0, 0.1) is 17.7 Å². The third-order valence-corrected chi connectivity index (χ3v) is 4.60. The highest BCUT2D eigenvalue weighted by Crippen LogP contribution is 2.41. The average molecular weight is 275 g/mol. The van der Waals surface area contributed by atoms with Crippen LogP contribution in [-0.2, 0) is 0 Å². The van der Waals surface area contributed by atoms with Gasteiger partial charge in [-0.25, -0.2) is 4.39 Å². The van der Waals surface area contributed by atoms with E-state index in [1.54, 1.807) is 6.07 Å². The molecule has 0 amide bonds. The molecule has 1 heterocycles. The number of hydrogen-bond donors (Lipinski definition) is 1. The molecule has 0 radical (unpaired) electrons. The minimum absolute atomic E-state index is 0.198. The summed E-state index contributed by atoms with van der Waals surface area (Å²) < 4.78 is 19.6. The Labute approximate surface area is 119 Å². The second kappa shape index (κ2) is 5.57. The number of para-hydroxylation sites is 1. The van der Waals surface area contributed by atoms with Gasteiger partial charge in [0.2, 0.25) is 0 Å². The van der Waals surface area contributed by atoms with Gasteiger partial charge in [-0.2, -0.15) is 0 Å². The number of furan rings is 1. The molecule has 0 aliphatic heterocycles. The molecule has 1 aromatic heterocycles. The Bertz CT molecular complexity index is 592. The summed E-state index contributed by atoms with van der Waals surface area (Å²) in [5.41, 5.74) is 0.385. The van der Waals surface area contributed by atoms with Gasteiger partial charge in [-0.3, -0.25) is 0 Å². The lowest BCUT2D eigenvalue weighted by Crippen LogP contribution is -2.29. The first kappa shape index (κ1) is 13.6. The summed E-state index contributed by atoms with van der Waals surface area (Å²) in [7, 11) is 0. The molecular weight excluding hydrogens is 253 g/mol. The van der Waals surface area contributed by atoms with E-state index < -0.39 is 0 Å². The van der Waals surface area contributed by atoms with Crippen LogP contribution in [0.1, 0.15) is 44.9 Å². The minimum Gasteiger partial charge on any atom is -0.456 e. The molecule has 2 nitrogen and oxygen atoms in total. The fourth-order valence-electron chi connectivity index (χ4n) is 3.55. The summed E-state index contributed by atoms with van der Waals surface area (Å²) in [6, 6.07) is 7.29. The van der Waals surface area contributed by atoms with E-state index in [1.165, 1.54) is 25.3 Å². The van der Waals surface area contributed by atoms with E-state index in [4.69, 9.17) is 4.42 Å². The lowest BCUT2D eigenvalue weighted by atomic mass is 9.88. The standard InChI is InChI=1S/C17H22FNO/c1-3-19-16(13-8-4-6-11(13)2)15-10-12-7-5-9-14(18)17(12)20-15/h5,7,9-11,13,16,19H,3-4,6,8H2,1-2H3. The van der Waals surface area contributed by atoms with E-state index in [0.717, 1.165) is 17.7 Å². The predicted octanol–water partition coefficient (Wildman–Crippen LogP) is 4.66. The maximum atomic E-state index is 13.8. The second-order valence-electron chi connectivity index (χ2n) is 5.91. The van der Waals surface area contributed by atoms with Crippen molar-refractivity contribution in [2.75, 3.05) is 6.54 Å². The average Bonchev–Trinajstić information content (AvgIpc) is 3.03. The largest absolute Gasteiger partial charge is 0.456 e. The molecule has 1 N–H and O–H groups in total. The van der Waals surface area contributed by atoms with Crippen molar-refractivity contribution < 1.29 is 8.81 Å². The van der Waals surface area contributed by atoms with Crippen molar-refractivity contribution in [3.8, 4) is 0 Å². The first-order valence-corrected chi connectivity index (χ1v) is 7.62. The van der Waals surface area contributed by atoms with E-state index in [9.17, 15) is 4.39 Å². The molecular formula is C17H22FNO. The Balaban J connectivity index is 1.98. The molecule has 1 aromatic carbocycles. The summed E-state index contributed by atoms with van der Waals surface area (Å²) >= 11 is 0. The Morgan fingerprint density at radius 1 is 1.40 bits per heavy atom. The van der Waals surface area contributed by atoms with Gasteiger partial charge in [0.05, 0.1) is 6.04 Å². The highest BCUT2D eigenvalue weighted by molar-refractivity contribution is 5.78. The van der Waals surface area contributed by atoms with Crippen molar-refractivity contribution in [2.45, 2.75) is 39.2 Å². The van der Waals surface area contributed by atoms with Gasteiger partial charge in [-0.05, 0) is 36.9 Å². The summed E-state index contributed by atoms with van der Waals surface area (Å²) in [4.78, 5) is 0. The normalized spacial score (nSPS) is 24.4. The fraction of sp³-hybridized carbons (Fsp3) is 0.529. The van der Waals surface area contributed by atoms with Gasteiger partial charge in [0.25, 0.3) is 0 Å². The first-order valence-electron chi connectivity index (χ1n) is 7.62. The molecule has 0 bridgehead atoms. The smallest absolute Gasteiger partial charge is 0.169 e. The Hall–Kier alpha value is -1.35. The zero-order valence-corrected chi connectivity index (χ0v) is 12.2. The molecule has 0 saturated heterocycles. The lowest BCUT2D eigenvalue weighted by molar-refractivity contribution is 0.272. The lowest BCUT2D eigenvalue weighted by Gasteiger charge is -2.25. The minimum atomic E-state index is -0.275. The van der Waals surface area contributed by atoms with Crippen molar-refractivity contribution in [3.63, 3.8) is 0 Å². The van der Waals surface area contributed by atoms with Crippen LogP contribution in [0.25, 0.3) is 11.0 Å². The van der Waals surface area contributed by atoms with Crippen LogP contribution in [0.5, 0.6) is 0 Å². The van der Waals surface area contributed by atoms with Crippen LogP contribution in [-0.4, -0.2) is 6.54 Å². The van der Waals surface area contributed by atoms with Crippen LogP contribution >= 0.6 is 0 Å². The number of nitrogens with one attached hydrogen (secondary N) is 1. The van der Waals surface area contributed by atoms with E-state index >= 15 is 0 Å². The van der Waals surface area contributed by atoms with Crippen LogP contribution in [0.15, 0.2) is 28.7 Å². The number of fused-ring (bicyclic) bond motifs is 1. The number of halogens is 1. The highest BCUT2D eigenvalue weighted by atomic mass is 19.1. The Morgan fingerprint density at radius 3 is 2.90 bits per heavy atom. The third-order valence-electron chi connectivity index (χ3n) is 4.60. The molecule has 1 fully saturated rings. The molecule has 3 rings (SSSR count). The van der Waals surface area contributed by atoms with E-state index in [-0.39, 0.29) is 11.9 Å². The maximum Gasteiger partial charge on any atom is 0.169 e. The predicted molar refractivity (Wildman–Crippen MR) is 79.1 cm³/mol. The number of rotatable bonds is 4. The summed E-state index contributed by atoms with van der Waals surface area (Å²) in [5.74, 6) is 1.88. The summed E-state index contributed by atoms with van der Waals surface area (Å²) in [6.07, 6.45) is 3.78. The third kappa shape index (κ3) is 2.35. The fourth-order valence-corrected chi connectivity index (χ4v) is 3.55. The zero-order chi connectivity index (χ0) is 14.1. The Morgan fingerprint density at radius 2 is 2.25 bits per heavy atom. The molecule has 20 heavy (non-hydrogen) atoms. The van der Waals surface area contributed by atoms with Crippen molar-refractivity contribution >= 4 is 11.0 Å². The van der Waals surface area contributed by atoms with Gasteiger partial charge < -0.3 is 9.73 Å². The van der Waals surface area contributed by atoms with Gasteiger partial charge in [0.15, 0.2) is 11.4 Å². The van der Waals surface area contributed by atoms with Crippen molar-refractivity contribution in [3.05, 3.63) is 35.8 Å². The van der Waals surface area contributed by atoms with Crippen LogP contribution < -0.4 is 5.32 Å². The summed E-state index contributed by atoms with van der Waals surface area (Å²) in [6.45, 7) is 5.31. The Kier molecular flexibility index (Phi) is 3.79. The second-order valence-corrected chi connectivity index (χ2v) is 5.91. The highest BCUT2D eigenvalue weighted by Gasteiger charge is 2.33. The molecule has 1 saturated carbocycles. The SMILES string of the molecule is CCNC(c1cc2cccc(F)c2o1)C1CCCC1C. The molecule has 1 aliphatic rings. The van der Waals surface area contributed by atoms with Crippen LogP contribution in [0.2, 0.25) is 0 Å². The quantitative estimate of drug-likeness (QED) is 0.878. The van der Waals surface area contributed by atoms with Gasteiger partial charge >= 0.3 is 0 Å². The molecule has 3 atom stereocenters. The van der Waals surface area contributed by atoms with Gasteiger partial charge in [0, 0.05) is 5.39 Å². The van der Waals surface area contributed by atoms with Gasteiger partial charge in [0.1, 0.15) is 5.76 Å². The van der Waals surface area contributed by atoms with Gasteiger partial charge in [-0.1, -0.05) is 38.8 Å².